The Morgan fingerprint density at radius 2 is 2.13 bits per heavy atom. The van der Waals surface area contributed by atoms with Gasteiger partial charge in [0, 0.05) is 11.6 Å². The van der Waals surface area contributed by atoms with Crippen LogP contribution >= 0.6 is 35.0 Å². The molecule has 0 radical (unpaired) electrons. The van der Waals surface area contributed by atoms with Crippen molar-refractivity contribution < 1.29 is 9.59 Å². The van der Waals surface area contributed by atoms with Gasteiger partial charge in [-0.15, -0.1) is 0 Å². The molecule has 3 heterocycles. The molecule has 162 valence electrons. The van der Waals surface area contributed by atoms with Crippen molar-refractivity contribution in [3.63, 3.8) is 0 Å². The Labute approximate surface area is 190 Å². The van der Waals surface area contributed by atoms with Crippen LogP contribution in [0.2, 0.25) is 10.0 Å². The van der Waals surface area contributed by atoms with Crippen LogP contribution in [-0.4, -0.2) is 49.9 Å². The summed E-state index contributed by atoms with van der Waals surface area (Å²) in [5.74, 6) is -0.557. The lowest BCUT2D eigenvalue weighted by atomic mass is 10.1. The molecule has 1 aliphatic rings. The molecule has 0 spiro atoms. The minimum absolute atomic E-state index is 0.0406. The topological polar surface area (TPSA) is 122 Å². The number of nitrogens with zero attached hydrogens (tertiary/aromatic N) is 3. The monoisotopic (exact) mass is 480 g/mol. The first-order chi connectivity index (χ1) is 14.9. The number of rotatable bonds is 5. The van der Waals surface area contributed by atoms with E-state index in [4.69, 9.17) is 23.2 Å². The number of hydrogen-bond acceptors (Lipinski definition) is 6. The number of carbonyl (C=O) groups is 2. The summed E-state index contributed by atoms with van der Waals surface area (Å²) in [4.78, 5) is 42.1. The molecule has 4 rings (SSSR count). The number of halogens is 2. The van der Waals surface area contributed by atoms with Crippen LogP contribution in [0.15, 0.2) is 34.3 Å². The highest BCUT2D eigenvalue weighted by molar-refractivity contribution is 7.99. The smallest absolute Gasteiger partial charge is 0.269 e. The summed E-state index contributed by atoms with van der Waals surface area (Å²) in [5, 5.41) is 13.3. The Bertz CT molecular complexity index is 1210. The Morgan fingerprint density at radius 1 is 1.29 bits per heavy atom. The number of aromatic nitrogens is 4. The van der Waals surface area contributed by atoms with Crippen LogP contribution in [0.1, 0.15) is 19.3 Å². The largest absolute Gasteiger partial charge is 0.354 e. The van der Waals surface area contributed by atoms with Crippen LogP contribution in [0.25, 0.3) is 16.7 Å². The second-order valence-electron chi connectivity index (χ2n) is 6.96. The van der Waals surface area contributed by atoms with Gasteiger partial charge in [0.1, 0.15) is 11.4 Å². The first kappa shape index (κ1) is 21.7. The fourth-order valence-electron chi connectivity index (χ4n) is 3.29. The van der Waals surface area contributed by atoms with Crippen LogP contribution in [0.4, 0.5) is 0 Å². The van der Waals surface area contributed by atoms with E-state index in [0.717, 1.165) is 24.6 Å². The van der Waals surface area contributed by atoms with E-state index in [9.17, 15) is 14.4 Å². The number of amides is 2. The van der Waals surface area contributed by atoms with Crippen LogP contribution in [0, 0.1) is 0 Å². The fraction of sp³-hybridized carbons (Fsp3) is 0.316. The summed E-state index contributed by atoms with van der Waals surface area (Å²) < 4.78 is 1.33. The Kier molecular flexibility index (Phi) is 6.49. The van der Waals surface area contributed by atoms with Gasteiger partial charge >= 0.3 is 0 Å². The molecule has 2 amide bonds. The number of aromatic amines is 1. The summed E-state index contributed by atoms with van der Waals surface area (Å²) in [5.41, 5.74) is 0.309. The lowest BCUT2D eigenvalue weighted by Gasteiger charge is -2.16. The number of H-pyrrole nitrogens is 1. The van der Waals surface area contributed by atoms with Crippen molar-refractivity contribution in [1.82, 2.24) is 30.4 Å². The number of carbonyl (C=O) groups excluding carboxylic acids is 2. The van der Waals surface area contributed by atoms with E-state index >= 15 is 0 Å². The molecule has 1 fully saturated rings. The molecule has 1 atom stereocenters. The second kappa shape index (κ2) is 9.29. The molecule has 31 heavy (non-hydrogen) atoms. The van der Waals surface area contributed by atoms with Crippen LogP contribution < -0.4 is 16.2 Å². The van der Waals surface area contributed by atoms with Crippen LogP contribution in [-0.2, 0) is 9.59 Å². The van der Waals surface area contributed by atoms with E-state index in [1.807, 2.05) is 0 Å². The highest BCUT2D eigenvalue weighted by atomic mass is 35.5. The number of fused-ring (bicyclic) bond motifs is 1. The number of hydrogen-bond donors (Lipinski definition) is 3. The van der Waals surface area contributed by atoms with E-state index < -0.39 is 6.04 Å². The molecule has 0 saturated carbocycles. The highest BCUT2D eigenvalue weighted by Gasteiger charge is 2.23. The Balaban J connectivity index is 1.61. The minimum Gasteiger partial charge on any atom is -0.354 e. The zero-order valence-corrected chi connectivity index (χ0v) is 18.5. The molecule has 3 N–H and O–H groups in total. The van der Waals surface area contributed by atoms with Crippen LogP contribution in [0.3, 0.4) is 0 Å². The molecule has 1 aromatic carbocycles. The number of thioether (sulfide) groups is 1. The van der Waals surface area contributed by atoms with Crippen molar-refractivity contribution in [3.8, 4) is 5.69 Å². The van der Waals surface area contributed by atoms with Crippen LogP contribution in [0.5, 0.6) is 0 Å². The minimum atomic E-state index is -0.563. The van der Waals surface area contributed by atoms with Crippen molar-refractivity contribution in [3.05, 3.63) is 44.8 Å². The maximum atomic E-state index is 13.1. The molecule has 9 nitrogen and oxygen atoms in total. The van der Waals surface area contributed by atoms with Gasteiger partial charge in [-0.2, -0.15) is 5.10 Å². The average Bonchev–Trinajstić information content (AvgIpc) is 3.12. The maximum Gasteiger partial charge on any atom is 0.269 e. The molecule has 12 heteroatoms. The van der Waals surface area contributed by atoms with Crippen molar-refractivity contribution in [2.24, 2.45) is 0 Å². The predicted molar refractivity (Wildman–Crippen MR) is 119 cm³/mol. The standard InChI is InChI=1S/C19H18Cl2N6O3S/c20-10-4-5-14(12(21)7-10)27-18(30)11-8-23-26-16(11)25-19(27)31-9-15(28)24-13-3-1-2-6-22-17(13)29/h4-5,7-8,13H,1-3,6,9H2,(H,22,29)(H,23,26)(H,24,28). The summed E-state index contributed by atoms with van der Waals surface area (Å²) in [7, 11) is 0. The summed E-state index contributed by atoms with van der Waals surface area (Å²) in [6.07, 6.45) is 3.71. The zero-order chi connectivity index (χ0) is 22.0. The lowest BCUT2D eigenvalue weighted by Crippen LogP contribution is -2.46. The van der Waals surface area contributed by atoms with Crippen molar-refractivity contribution >= 4 is 57.8 Å². The molecule has 0 aliphatic carbocycles. The first-order valence-electron chi connectivity index (χ1n) is 9.55. The molecule has 0 bridgehead atoms. The number of nitrogens with one attached hydrogen (secondary N) is 3. The lowest BCUT2D eigenvalue weighted by molar-refractivity contribution is -0.127. The van der Waals surface area contributed by atoms with Gasteiger partial charge in [-0.05, 0) is 37.5 Å². The highest BCUT2D eigenvalue weighted by Crippen LogP contribution is 2.27. The molecule has 3 aromatic rings. The van der Waals surface area contributed by atoms with E-state index in [-0.39, 0.29) is 38.7 Å². The first-order valence-corrected chi connectivity index (χ1v) is 11.3. The van der Waals surface area contributed by atoms with E-state index in [0.29, 0.717) is 29.3 Å². The van der Waals surface area contributed by atoms with Gasteiger partial charge in [0.25, 0.3) is 5.56 Å². The van der Waals surface area contributed by atoms with Gasteiger partial charge in [-0.25, -0.2) is 4.98 Å². The van der Waals surface area contributed by atoms with Gasteiger partial charge in [0.15, 0.2) is 10.8 Å². The quantitative estimate of drug-likeness (QED) is 0.380. The fourth-order valence-corrected chi connectivity index (χ4v) is 4.59. The van der Waals surface area contributed by atoms with E-state index in [1.165, 1.54) is 16.8 Å². The van der Waals surface area contributed by atoms with E-state index in [2.05, 4.69) is 25.8 Å². The third kappa shape index (κ3) is 4.70. The molecule has 1 aliphatic heterocycles. The zero-order valence-electron chi connectivity index (χ0n) is 16.2. The Morgan fingerprint density at radius 3 is 2.94 bits per heavy atom. The van der Waals surface area contributed by atoms with Crippen molar-refractivity contribution in [2.45, 2.75) is 30.5 Å². The summed E-state index contributed by atoms with van der Waals surface area (Å²) >= 11 is 13.4. The van der Waals surface area contributed by atoms with Crippen molar-refractivity contribution in [2.75, 3.05) is 12.3 Å². The third-order valence-corrected chi connectivity index (χ3v) is 6.28. The molecular weight excluding hydrogens is 463 g/mol. The average molecular weight is 481 g/mol. The van der Waals surface area contributed by atoms with Gasteiger partial charge < -0.3 is 10.6 Å². The third-order valence-electron chi connectivity index (χ3n) is 4.80. The molecule has 1 saturated heterocycles. The Hall–Kier alpha value is -2.56. The van der Waals surface area contributed by atoms with Gasteiger partial charge in [0.2, 0.25) is 11.8 Å². The normalized spacial score (nSPS) is 16.7. The molecular formula is C19H18Cl2N6O3S. The second-order valence-corrected chi connectivity index (χ2v) is 8.74. The maximum absolute atomic E-state index is 13.1. The summed E-state index contributed by atoms with van der Waals surface area (Å²) in [6.45, 7) is 0.613. The summed E-state index contributed by atoms with van der Waals surface area (Å²) in [6, 6.07) is 4.18. The SMILES string of the molecule is O=C(CSc1nc2[nH]ncc2c(=O)n1-c1ccc(Cl)cc1Cl)NC1CCCCNC1=O. The van der Waals surface area contributed by atoms with Gasteiger partial charge in [0.05, 0.1) is 22.7 Å². The molecule has 1 unspecified atom stereocenters. The van der Waals surface area contributed by atoms with Crippen molar-refractivity contribution in [1.29, 1.82) is 0 Å². The predicted octanol–water partition coefficient (Wildman–Crippen LogP) is 2.29. The number of benzene rings is 1. The van der Waals surface area contributed by atoms with E-state index in [1.54, 1.807) is 12.1 Å². The van der Waals surface area contributed by atoms with Gasteiger partial charge in [-0.3, -0.25) is 24.0 Å². The molecule has 2 aromatic heterocycles. The van der Waals surface area contributed by atoms with Gasteiger partial charge in [-0.1, -0.05) is 35.0 Å².